The Labute approximate surface area is 125 Å². The zero-order valence-electron chi connectivity index (χ0n) is 11.0. The molecule has 0 spiro atoms. The Morgan fingerprint density at radius 3 is 2.35 bits per heavy atom. The molecule has 20 heavy (non-hydrogen) atoms. The molecule has 2 nitrogen and oxygen atoms in total. The lowest BCUT2D eigenvalue weighted by atomic mass is 10.1. The average Bonchev–Trinajstić information content (AvgIpc) is 2.36. The average molecular weight is 373 g/mol. The number of sulfone groups is 1. The van der Waals surface area contributed by atoms with Gasteiger partial charge in [-0.1, -0.05) is 35.0 Å². The summed E-state index contributed by atoms with van der Waals surface area (Å²) in [5, 5.41) is 0.743. The van der Waals surface area contributed by atoms with Crippen molar-refractivity contribution in [1.29, 1.82) is 0 Å². The Morgan fingerprint density at radius 2 is 1.80 bits per heavy atom. The zero-order chi connectivity index (χ0) is 15.4. The van der Waals surface area contributed by atoms with Crippen LogP contribution in [0.15, 0.2) is 29.2 Å². The van der Waals surface area contributed by atoms with Crippen LogP contribution in [0.4, 0.5) is 13.2 Å². The highest BCUT2D eigenvalue weighted by Crippen LogP contribution is 2.34. The molecule has 0 bridgehead atoms. The normalized spacial score (nSPS) is 14.2. The third kappa shape index (κ3) is 4.77. The summed E-state index contributed by atoms with van der Waals surface area (Å²) in [6.45, 7) is 1.88. The number of rotatable bonds is 6. The summed E-state index contributed by atoms with van der Waals surface area (Å²) in [6.07, 6.45) is -3.53. The van der Waals surface area contributed by atoms with Crippen molar-refractivity contribution in [1.82, 2.24) is 0 Å². The van der Waals surface area contributed by atoms with Crippen molar-refractivity contribution in [2.45, 2.75) is 30.8 Å². The minimum absolute atomic E-state index is 0.141. The van der Waals surface area contributed by atoms with Crippen molar-refractivity contribution in [2.75, 3.05) is 11.1 Å². The molecular weight excluding hydrogens is 357 g/mol. The molecule has 1 aromatic carbocycles. The summed E-state index contributed by atoms with van der Waals surface area (Å²) in [5.41, 5.74) is -1.09. The van der Waals surface area contributed by atoms with Crippen LogP contribution in [0.25, 0.3) is 0 Å². The first-order chi connectivity index (χ1) is 9.18. The second kappa shape index (κ2) is 6.93. The molecule has 1 rings (SSSR count). The minimum atomic E-state index is -4.66. The minimum Gasteiger partial charge on any atom is -0.224 e. The lowest BCUT2D eigenvalue weighted by molar-refractivity contribution is -0.139. The number of hydrogen-bond donors (Lipinski definition) is 0. The summed E-state index contributed by atoms with van der Waals surface area (Å²) in [4.78, 5) is -0.626. The van der Waals surface area contributed by atoms with E-state index in [1.807, 2.05) is 6.92 Å². The van der Waals surface area contributed by atoms with E-state index in [2.05, 4.69) is 15.9 Å². The Bertz CT molecular complexity index is 541. The van der Waals surface area contributed by atoms with Gasteiger partial charge in [0.25, 0.3) is 0 Å². The van der Waals surface area contributed by atoms with Gasteiger partial charge >= 0.3 is 6.18 Å². The quantitative estimate of drug-likeness (QED) is 0.698. The van der Waals surface area contributed by atoms with Gasteiger partial charge in [-0.15, -0.1) is 0 Å². The van der Waals surface area contributed by atoms with Crippen molar-refractivity contribution in [2.24, 2.45) is 5.92 Å². The standard InChI is InChI=1S/C13H16BrF3O2S/c1-10(6-8-14)7-9-20(18,19)12-5-3-2-4-11(12)13(15,16)17/h2-5,10H,6-9H2,1H3. The molecule has 114 valence electrons. The van der Waals surface area contributed by atoms with Crippen LogP contribution in [0.5, 0.6) is 0 Å². The molecule has 0 radical (unpaired) electrons. The summed E-state index contributed by atoms with van der Waals surface area (Å²) in [7, 11) is -3.92. The Hall–Kier alpha value is -0.560. The van der Waals surface area contributed by atoms with Gasteiger partial charge in [-0.05, 0) is 30.9 Å². The summed E-state index contributed by atoms with van der Waals surface area (Å²) in [5.74, 6) is -0.129. The topological polar surface area (TPSA) is 34.1 Å². The van der Waals surface area contributed by atoms with Gasteiger partial charge in [0.2, 0.25) is 0 Å². The van der Waals surface area contributed by atoms with Crippen LogP contribution in [-0.2, 0) is 16.0 Å². The first-order valence-corrected chi connectivity index (χ1v) is 8.91. The van der Waals surface area contributed by atoms with Crippen LogP contribution in [0.3, 0.4) is 0 Å². The van der Waals surface area contributed by atoms with Crippen LogP contribution in [0.1, 0.15) is 25.3 Å². The van der Waals surface area contributed by atoms with Gasteiger partial charge in [-0.2, -0.15) is 13.2 Å². The van der Waals surface area contributed by atoms with Crippen molar-refractivity contribution >= 4 is 25.8 Å². The van der Waals surface area contributed by atoms with E-state index < -0.39 is 26.5 Å². The molecule has 0 heterocycles. The van der Waals surface area contributed by atoms with E-state index in [-0.39, 0.29) is 11.7 Å². The Kier molecular flexibility index (Phi) is 6.06. The predicted octanol–water partition coefficient (Wildman–Crippen LogP) is 4.29. The van der Waals surface area contributed by atoms with E-state index in [1.165, 1.54) is 12.1 Å². The largest absolute Gasteiger partial charge is 0.417 e. The third-order valence-electron chi connectivity index (χ3n) is 3.01. The smallest absolute Gasteiger partial charge is 0.224 e. The molecule has 0 aromatic heterocycles. The van der Waals surface area contributed by atoms with E-state index in [0.717, 1.165) is 23.9 Å². The number of alkyl halides is 4. The second-order valence-corrected chi connectivity index (χ2v) is 7.55. The highest BCUT2D eigenvalue weighted by molar-refractivity contribution is 9.09. The van der Waals surface area contributed by atoms with Gasteiger partial charge < -0.3 is 0 Å². The molecule has 0 amide bonds. The van der Waals surface area contributed by atoms with Gasteiger partial charge in [0.05, 0.1) is 16.2 Å². The Morgan fingerprint density at radius 1 is 1.20 bits per heavy atom. The molecule has 0 aliphatic heterocycles. The highest BCUT2D eigenvalue weighted by Gasteiger charge is 2.36. The van der Waals surface area contributed by atoms with Gasteiger partial charge in [0.1, 0.15) is 0 Å². The lowest BCUT2D eigenvalue weighted by Gasteiger charge is -2.14. The first-order valence-electron chi connectivity index (χ1n) is 6.13. The van der Waals surface area contributed by atoms with Crippen LogP contribution in [-0.4, -0.2) is 19.5 Å². The predicted molar refractivity (Wildman–Crippen MR) is 75.7 cm³/mol. The van der Waals surface area contributed by atoms with Crippen molar-refractivity contribution in [3.8, 4) is 0 Å². The van der Waals surface area contributed by atoms with Crippen LogP contribution in [0.2, 0.25) is 0 Å². The molecular formula is C13H16BrF3O2S. The molecule has 0 aliphatic carbocycles. The Balaban J connectivity index is 2.99. The van der Waals surface area contributed by atoms with E-state index in [0.29, 0.717) is 6.42 Å². The fourth-order valence-electron chi connectivity index (χ4n) is 1.77. The van der Waals surface area contributed by atoms with Gasteiger partial charge in [-0.3, -0.25) is 0 Å². The van der Waals surface area contributed by atoms with Crippen molar-refractivity contribution < 1.29 is 21.6 Å². The fourth-order valence-corrected chi connectivity index (χ4v) is 4.29. The summed E-state index contributed by atoms with van der Waals surface area (Å²) in [6, 6.07) is 4.32. The van der Waals surface area contributed by atoms with Crippen LogP contribution in [0, 0.1) is 5.92 Å². The van der Waals surface area contributed by atoms with Crippen molar-refractivity contribution in [3.63, 3.8) is 0 Å². The molecule has 7 heteroatoms. The molecule has 1 atom stereocenters. The van der Waals surface area contributed by atoms with Crippen LogP contribution >= 0.6 is 15.9 Å². The molecule has 0 saturated carbocycles. The molecule has 0 fully saturated rings. The first kappa shape index (κ1) is 17.5. The third-order valence-corrected chi connectivity index (χ3v) is 5.27. The lowest BCUT2D eigenvalue weighted by Crippen LogP contribution is -2.16. The molecule has 1 aromatic rings. The summed E-state index contributed by atoms with van der Waals surface area (Å²) < 4.78 is 62.7. The van der Waals surface area contributed by atoms with E-state index in [1.54, 1.807) is 0 Å². The molecule has 0 aliphatic rings. The SMILES string of the molecule is CC(CCBr)CCS(=O)(=O)c1ccccc1C(F)(F)F. The maximum absolute atomic E-state index is 12.8. The monoisotopic (exact) mass is 372 g/mol. The van der Waals surface area contributed by atoms with E-state index >= 15 is 0 Å². The maximum Gasteiger partial charge on any atom is 0.417 e. The van der Waals surface area contributed by atoms with E-state index in [4.69, 9.17) is 0 Å². The van der Waals surface area contributed by atoms with Crippen molar-refractivity contribution in [3.05, 3.63) is 29.8 Å². The van der Waals surface area contributed by atoms with E-state index in [9.17, 15) is 21.6 Å². The summed E-state index contributed by atoms with van der Waals surface area (Å²) >= 11 is 3.25. The highest BCUT2D eigenvalue weighted by atomic mass is 79.9. The van der Waals surface area contributed by atoms with Crippen LogP contribution < -0.4 is 0 Å². The molecule has 0 saturated heterocycles. The van der Waals surface area contributed by atoms with Gasteiger partial charge in [0.15, 0.2) is 9.84 Å². The zero-order valence-corrected chi connectivity index (χ0v) is 13.4. The number of halogens is 4. The second-order valence-electron chi connectivity index (χ2n) is 4.68. The molecule has 1 unspecified atom stereocenters. The van der Waals surface area contributed by atoms with Gasteiger partial charge in [0, 0.05) is 5.33 Å². The number of benzene rings is 1. The number of hydrogen-bond acceptors (Lipinski definition) is 2. The van der Waals surface area contributed by atoms with Gasteiger partial charge in [-0.25, -0.2) is 8.42 Å². The maximum atomic E-state index is 12.8. The fraction of sp³-hybridized carbons (Fsp3) is 0.538. The molecule has 0 N–H and O–H groups in total.